The molecule has 0 heterocycles. The van der Waals surface area contributed by atoms with Gasteiger partial charge >= 0.3 is 12.1 Å². The average molecular weight is 297 g/mol. The Morgan fingerprint density at radius 2 is 2.23 bits per heavy atom. The molecule has 0 rings (SSSR count). The molecule has 0 radical (unpaired) electrons. The summed E-state index contributed by atoms with van der Waals surface area (Å²) in [6, 6.07) is 0. The molecule has 72 valence electrons. The van der Waals surface area contributed by atoms with Crippen molar-refractivity contribution >= 4 is 34.9 Å². The Morgan fingerprint density at radius 3 is 2.69 bits per heavy atom. The minimum atomic E-state index is -0.663. The molecule has 0 aromatic carbocycles. The van der Waals surface area contributed by atoms with Crippen LogP contribution in [-0.2, 0) is 14.3 Å². The Kier molecular flexibility index (Phi) is 6.05. The van der Waals surface area contributed by atoms with Gasteiger partial charge in [0.1, 0.15) is 6.54 Å². The molecule has 0 aromatic heterocycles. The van der Waals surface area contributed by atoms with E-state index in [0.717, 1.165) is 3.11 Å². The number of carbonyl (C=O) groups excluding carboxylic acids is 2. The third-order valence-corrected chi connectivity index (χ3v) is 1.71. The molecule has 0 atom stereocenters. The van der Waals surface area contributed by atoms with Crippen LogP contribution in [-0.4, -0.2) is 35.4 Å². The second-order valence-electron chi connectivity index (χ2n) is 1.86. The Bertz CT molecular complexity index is 235. The first-order valence-corrected chi connectivity index (χ1v) is 4.18. The van der Waals surface area contributed by atoms with E-state index in [1.54, 1.807) is 22.9 Å². The van der Waals surface area contributed by atoms with Gasteiger partial charge in [-0.1, -0.05) is 5.92 Å². The van der Waals surface area contributed by atoms with E-state index < -0.39 is 12.1 Å². The smallest absolute Gasteiger partial charge is 0.420 e. The molecule has 0 bridgehead atoms. The fourth-order valence-electron chi connectivity index (χ4n) is 0.416. The highest BCUT2D eigenvalue weighted by molar-refractivity contribution is 14.1. The number of carbonyl (C=O) groups is 2. The molecule has 0 saturated heterocycles. The van der Waals surface area contributed by atoms with E-state index in [1.807, 2.05) is 0 Å². The van der Waals surface area contributed by atoms with Crippen molar-refractivity contribution in [2.24, 2.45) is 0 Å². The number of rotatable bonds is 3. The highest BCUT2D eigenvalue weighted by Gasteiger charge is 2.15. The van der Waals surface area contributed by atoms with Crippen LogP contribution in [0.4, 0.5) is 4.79 Å². The maximum atomic E-state index is 10.9. The number of esters is 1. The number of amides is 1. The summed E-state index contributed by atoms with van der Waals surface area (Å²) >= 11 is 1.64. The average Bonchev–Trinajstić information content (AvgIpc) is 2.13. The molecule has 1 amide bonds. The second-order valence-corrected chi connectivity index (χ2v) is 3.02. The zero-order valence-electron chi connectivity index (χ0n) is 6.95. The van der Waals surface area contributed by atoms with Gasteiger partial charge in [0.15, 0.2) is 6.61 Å². The van der Waals surface area contributed by atoms with Gasteiger partial charge in [-0.05, 0) is 0 Å². The monoisotopic (exact) mass is 297 g/mol. The zero-order chi connectivity index (χ0) is 10.3. The number of hydrogen-bond donors (Lipinski definition) is 0. The molecule has 6 heteroatoms. The van der Waals surface area contributed by atoms with Gasteiger partial charge in [0, 0.05) is 0 Å². The van der Waals surface area contributed by atoms with Crippen molar-refractivity contribution in [3.05, 3.63) is 0 Å². The van der Waals surface area contributed by atoms with Crippen molar-refractivity contribution in [3.63, 3.8) is 0 Å². The van der Waals surface area contributed by atoms with Crippen LogP contribution in [0, 0.1) is 12.3 Å². The molecule has 0 aromatic rings. The van der Waals surface area contributed by atoms with Crippen molar-refractivity contribution in [1.29, 1.82) is 0 Å². The highest BCUT2D eigenvalue weighted by Crippen LogP contribution is 2.02. The SMILES string of the molecule is C#CCOC(=O)N(I)CC(=O)OC. The van der Waals surface area contributed by atoms with Crippen LogP contribution in [0.15, 0.2) is 0 Å². The van der Waals surface area contributed by atoms with Gasteiger partial charge in [-0.25, -0.2) is 7.91 Å². The topological polar surface area (TPSA) is 55.8 Å². The standard InChI is InChI=1S/C7H8INO4/c1-3-4-13-7(11)9(8)5-6(10)12-2/h1H,4-5H2,2H3. The Morgan fingerprint density at radius 1 is 1.62 bits per heavy atom. The minimum Gasteiger partial charge on any atom is -0.468 e. The third-order valence-electron chi connectivity index (χ3n) is 0.973. The summed E-state index contributed by atoms with van der Waals surface area (Å²) in [5.41, 5.74) is 0. The molecule has 5 nitrogen and oxygen atoms in total. The van der Waals surface area contributed by atoms with Crippen LogP contribution in [0.2, 0.25) is 0 Å². The van der Waals surface area contributed by atoms with Crippen molar-refractivity contribution in [1.82, 2.24) is 3.11 Å². The van der Waals surface area contributed by atoms with Crippen molar-refractivity contribution in [2.75, 3.05) is 20.3 Å². The van der Waals surface area contributed by atoms with Crippen LogP contribution in [0.3, 0.4) is 0 Å². The molecule has 0 N–H and O–H groups in total. The van der Waals surface area contributed by atoms with Crippen molar-refractivity contribution < 1.29 is 19.1 Å². The van der Waals surface area contributed by atoms with Gasteiger partial charge in [0.2, 0.25) is 0 Å². The molecule has 0 aliphatic rings. The fourth-order valence-corrected chi connectivity index (χ4v) is 0.834. The van der Waals surface area contributed by atoms with Crippen LogP contribution in [0.25, 0.3) is 0 Å². The number of terminal acetylenes is 1. The van der Waals surface area contributed by atoms with Gasteiger partial charge in [-0.3, -0.25) is 4.79 Å². The lowest BCUT2D eigenvalue weighted by Gasteiger charge is -2.11. The lowest BCUT2D eigenvalue weighted by atomic mass is 10.6. The predicted molar refractivity (Wildman–Crippen MR) is 52.9 cm³/mol. The summed E-state index contributed by atoms with van der Waals surface area (Å²) in [4.78, 5) is 21.6. The molecule has 0 aliphatic carbocycles. The van der Waals surface area contributed by atoms with Crippen LogP contribution in [0.1, 0.15) is 0 Å². The van der Waals surface area contributed by atoms with Crippen LogP contribution >= 0.6 is 22.9 Å². The van der Waals surface area contributed by atoms with E-state index in [4.69, 9.17) is 6.42 Å². The molecule has 0 unspecified atom stereocenters. The van der Waals surface area contributed by atoms with Crippen molar-refractivity contribution in [2.45, 2.75) is 0 Å². The highest BCUT2D eigenvalue weighted by atomic mass is 127. The van der Waals surface area contributed by atoms with E-state index in [2.05, 4.69) is 15.4 Å². The molecule has 13 heavy (non-hydrogen) atoms. The van der Waals surface area contributed by atoms with E-state index in [0.29, 0.717) is 0 Å². The van der Waals surface area contributed by atoms with Gasteiger partial charge in [0.05, 0.1) is 30.0 Å². The summed E-state index contributed by atoms with van der Waals surface area (Å²) in [7, 11) is 1.24. The summed E-state index contributed by atoms with van der Waals surface area (Å²) in [5, 5.41) is 0. The number of hydrogen-bond acceptors (Lipinski definition) is 4. The molecule has 0 saturated carbocycles. The summed E-state index contributed by atoms with van der Waals surface area (Å²) in [6.07, 6.45) is 4.20. The van der Waals surface area contributed by atoms with Gasteiger partial charge in [-0.15, -0.1) is 6.42 Å². The van der Waals surface area contributed by atoms with E-state index in [9.17, 15) is 9.59 Å². The third kappa shape index (κ3) is 5.30. The van der Waals surface area contributed by atoms with Gasteiger partial charge in [0.25, 0.3) is 0 Å². The number of methoxy groups -OCH3 is 1. The maximum absolute atomic E-state index is 10.9. The maximum Gasteiger partial charge on any atom is 0.420 e. The number of nitrogens with zero attached hydrogens (tertiary/aromatic N) is 1. The first-order valence-electron chi connectivity index (χ1n) is 3.22. The molecular weight excluding hydrogens is 289 g/mol. The summed E-state index contributed by atoms with van der Waals surface area (Å²) in [5.74, 6) is 1.61. The van der Waals surface area contributed by atoms with Crippen LogP contribution in [0.5, 0.6) is 0 Å². The molecule has 0 aliphatic heterocycles. The van der Waals surface area contributed by atoms with E-state index in [-0.39, 0.29) is 13.2 Å². The quantitative estimate of drug-likeness (QED) is 0.331. The fraction of sp³-hybridized carbons (Fsp3) is 0.429. The van der Waals surface area contributed by atoms with Crippen molar-refractivity contribution in [3.8, 4) is 12.3 Å². The Labute approximate surface area is 89.9 Å². The van der Waals surface area contributed by atoms with Crippen LogP contribution < -0.4 is 0 Å². The first kappa shape index (κ1) is 12.0. The molecule has 0 spiro atoms. The Hall–Kier alpha value is -0.970. The van der Waals surface area contributed by atoms with Gasteiger partial charge < -0.3 is 9.47 Å². The predicted octanol–water partition coefficient (Wildman–Crippen LogP) is 0.581. The number of halogens is 1. The van der Waals surface area contributed by atoms with E-state index >= 15 is 0 Å². The lowest BCUT2D eigenvalue weighted by molar-refractivity contribution is -0.140. The minimum absolute atomic E-state index is 0.112. The summed E-state index contributed by atoms with van der Waals surface area (Å²) in [6.45, 7) is -0.278. The molecular formula is C7H8INO4. The van der Waals surface area contributed by atoms with Gasteiger partial charge in [-0.2, -0.15) is 0 Å². The lowest BCUT2D eigenvalue weighted by Crippen LogP contribution is -2.28. The van der Waals surface area contributed by atoms with E-state index in [1.165, 1.54) is 7.11 Å². The molecule has 0 fully saturated rings. The number of ether oxygens (including phenoxy) is 2. The first-order chi connectivity index (χ1) is 6.11. The normalized spacial score (nSPS) is 8.38. The summed E-state index contributed by atoms with van der Waals surface area (Å²) < 4.78 is 9.92. The second kappa shape index (κ2) is 6.54. The largest absolute Gasteiger partial charge is 0.468 e. The zero-order valence-corrected chi connectivity index (χ0v) is 9.11. The Balaban J connectivity index is 3.83.